The molecule has 0 fully saturated rings. The number of hydrogen-bond acceptors (Lipinski definition) is 3. The van der Waals surface area contributed by atoms with Gasteiger partial charge in [-0.3, -0.25) is 0 Å². The summed E-state index contributed by atoms with van der Waals surface area (Å²) in [6, 6.07) is 5.86. The van der Waals surface area contributed by atoms with Gasteiger partial charge in [-0.25, -0.2) is 4.79 Å². The van der Waals surface area contributed by atoms with E-state index in [-0.39, 0.29) is 6.09 Å². The van der Waals surface area contributed by atoms with Crippen LogP contribution in [0.5, 0.6) is 5.75 Å². The van der Waals surface area contributed by atoms with E-state index in [1.165, 1.54) is 0 Å². The van der Waals surface area contributed by atoms with Crippen molar-refractivity contribution in [1.82, 2.24) is 5.32 Å². The average Bonchev–Trinajstić information content (AvgIpc) is 2.44. The highest BCUT2D eigenvalue weighted by molar-refractivity contribution is 6.31. The van der Waals surface area contributed by atoms with E-state index in [0.717, 1.165) is 35.6 Å². The van der Waals surface area contributed by atoms with E-state index in [0.29, 0.717) is 19.1 Å². The Hall–Kier alpha value is -1.42. The number of amides is 1. The molecule has 0 atom stereocenters. The summed E-state index contributed by atoms with van der Waals surface area (Å²) in [6.45, 7) is 11.0. The molecule has 0 aromatic heterocycles. The van der Waals surface area contributed by atoms with Crippen molar-refractivity contribution >= 4 is 17.7 Å². The zero-order chi connectivity index (χ0) is 18.2. The van der Waals surface area contributed by atoms with Crippen LogP contribution in [0, 0.1) is 0 Å². The van der Waals surface area contributed by atoms with E-state index in [2.05, 4.69) is 19.2 Å². The molecule has 4 nitrogen and oxygen atoms in total. The molecule has 136 valence electrons. The van der Waals surface area contributed by atoms with E-state index in [9.17, 15) is 4.79 Å². The molecule has 0 saturated heterocycles. The minimum absolute atomic E-state index is 0.362. The maximum atomic E-state index is 11.5. The van der Waals surface area contributed by atoms with Crippen molar-refractivity contribution in [3.8, 4) is 5.75 Å². The first kappa shape index (κ1) is 20.6. The van der Waals surface area contributed by atoms with Crippen LogP contribution < -0.4 is 10.1 Å². The minimum atomic E-state index is -0.454. The number of carbonyl (C=O) groups is 1. The van der Waals surface area contributed by atoms with Crippen molar-refractivity contribution < 1.29 is 14.3 Å². The quantitative estimate of drug-likeness (QED) is 0.623. The standard InChI is InChI=1S/C19H30ClNO3/c1-14(2)16-10-9-15(13-17(16)20)23-12-8-6-7-11-21-18(22)24-19(3,4)5/h9-10,13-14H,6-8,11-12H2,1-5H3,(H,21,22). The Morgan fingerprint density at radius 2 is 1.92 bits per heavy atom. The fourth-order valence-electron chi connectivity index (χ4n) is 2.16. The van der Waals surface area contributed by atoms with Crippen LogP contribution in [0.25, 0.3) is 0 Å². The fraction of sp³-hybridized carbons (Fsp3) is 0.632. The molecule has 0 radical (unpaired) electrons. The predicted octanol–water partition coefficient (Wildman–Crippen LogP) is 5.54. The largest absolute Gasteiger partial charge is 0.494 e. The van der Waals surface area contributed by atoms with Crippen molar-refractivity contribution in [3.63, 3.8) is 0 Å². The maximum absolute atomic E-state index is 11.5. The Bertz CT molecular complexity index is 524. The molecule has 0 saturated carbocycles. The van der Waals surface area contributed by atoms with E-state index in [1.54, 1.807) is 0 Å². The zero-order valence-electron chi connectivity index (χ0n) is 15.4. The van der Waals surface area contributed by atoms with Gasteiger partial charge in [-0.05, 0) is 63.6 Å². The highest BCUT2D eigenvalue weighted by Crippen LogP contribution is 2.28. The van der Waals surface area contributed by atoms with Gasteiger partial charge in [0.05, 0.1) is 6.61 Å². The van der Waals surface area contributed by atoms with Crippen LogP contribution in [0.3, 0.4) is 0 Å². The molecule has 0 spiro atoms. The molecule has 0 unspecified atom stereocenters. The van der Waals surface area contributed by atoms with Crippen LogP contribution >= 0.6 is 11.6 Å². The van der Waals surface area contributed by atoms with E-state index >= 15 is 0 Å². The van der Waals surface area contributed by atoms with Gasteiger partial charge in [0, 0.05) is 11.6 Å². The predicted molar refractivity (Wildman–Crippen MR) is 99.1 cm³/mol. The molecule has 0 bridgehead atoms. The lowest BCUT2D eigenvalue weighted by atomic mass is 10.0. The fourth-order valence-corrected chi connectivity index (χ4v) is 2.55. The van der Waals surface area contributed by atoms with Crippen LogP contribution in [0.2, 0.25) is 5.02 Å². The van der Waals surface area contributed by atoms with Crippen molar-refractivity contribution in [3.05, 3.63) is 28.8 Å². The maximum Gasteiger partial charge on any atom is 0.407 e. The molecule has 24 heavy (non-hydrogen) atoms. The lowest BCUT2D eigenvalue weighted by Gasteiger charge is -2.19. The van der Waals surface area contributed by atoms with Gasteiger partial charge in [-0.15, -0.1) is 0 Å². The third kappa shape index (κ3) is 8.44. The Balaban J connectivity index is 2.14. The number of benzene rings is 1. The summed E-state index contributed by atoms with van der Waals surface area (Å²) < 4.78 is 10.9. The van der Waals surface area contributed by atoms with Gasteiger partial charge in [0.25, 0.3) is 0 Å². The summed E-state index contributed by atoms with van der Waals surface area (Å²) in [5.41, 5.74) is 0.682. The third-order valence-electron chi connectivity index (χ3n) is 3.35. The first-order chi connectivity index (χ1) is 11.2. The number of unbranched alkanes of at least 4 members (excludes halogenated alkanes) is 2. The molecule has 5 heteroatoms. The summed E-state index contributed by atoms with van der Waals surface area (Å²) in [7, 11) is 0. The normalized spacial score (nSPS) is 11.5. The number of ether oxygens (including phenoxy) is 2. The summed E-state index contributed by atoms with van der Waals surface area (Å²) in [5, 5.41) is 3.51. The highest BCUT2D eigenvalue weighted by Gasteiger charge is 2.15. The molecule has 1 rings (SSSR count). The lowest BCUT2D eigenvalue weighted by molar-refractivity contribution is 0.0527. The zero-order valence-corrected chi connectivity index (χ0v) is 16.2. The van der Waals surface area contributed by atoms with Crippen molar-refractivity contribution in [1.29, 1.82) is 0 Å². The highest BCUT2D eigenvalue weighted by atomic mass is 35.5. The minimum Gasteiger partial charge on any atom is -0.494 e. The average molecular weight is 356 g/mol. The van der Waals surface area contributed by atoms with Crippen molar-refractivity contribution in [2.75, 3.05) is 13.2 Å². The molecule has 1 aromatic carbocycles. The molecular weight excluding hydrogens is 326 g/mol. The van der Waals surface area contributed by atoms with Crippen molar-refractivity contribution in [2.45, 2.75) is 65.4 Å². The summed E-state index contributed by atoms with van der Waals surface area (Å²) >= 11 is 6.25. The summed E-state index contributed by atoms with van der Waals surface area (Å²) in [4.78, 5) is 11.5. The molecule has 1 amide bonds. The van der Waals surface area contributed by atoms with Gasteiger partial charge in [0.1, 0.15) is 11.4 Å². The first-order valence-electron chi connectivity index (χ1n) is 8.58. The van der Waals surface area contributed by atoms with Gasteiger partial charge in [-0.1, -0.05) is 31.5 Å². The van der Waals surface area contributed by atoms with Crippen molar-refractivity contribution in [2.24, 2.45) is 0 Å². The number of hydrogen-bond donors (Lipinski definition) is 1. The lowest BCUT2D eigenvalue weighted by Crippen LogP contribution is -2.33. The van der Waals surface area contributed by atoms with Crippen LogP contribution in [-0.2, 0) is 4.74 Å². The monoisotopic (exact) mass is 355 g/mol. The van der Waals surface area contributed by atoms with Crippen LogP contribution in [-0.4, -0.2) is 24.8 Å². The number of alkyl carbamates (subject to hydrolysis) is 1. The Labute approximate surface area is 150 Å². The summed E-state index contributed by atoms with van der Waals surface area (Å²) in [5.74, 6) is 1.21. The van der Waals surface area contributed by atoms with Crippen LogP contribution in [0.15, 0.2) is 18.2 Å². The smallest absolute Gasteiger partial charge is 0.407 e. The van der Waals surface area contributed by atoms with Gasteiger partial charge in [0.2, 0.25) is 0 Å². The van der Waals surface area contributed by atoms with E-state index in [4.69, 9.17) is 21.1 Å². The molecule has 1 aromatic rings. The molecule has 1 N–H and O–H groups in total. The summed E-state index contributed by atoms with van der Waals surface area (Å²) in [6.07, 6.45) is 2.45. The SMILES string of the molecule is CC(C)c1ccc(OCCCCCNC(=O)OC(C)(C)C)cc1Cl. The molecule has 0 aliphatic heterocycles. The molecular formula is C19H30ClNO3. The van der Waals surface area contributed by atoms with Gasteiger partial charge >= 0.3 is 6.09 Å². The second-order valence-electron chi connectivity index (χ2n) is 7.18. The van der Waals surface area contributed by atoms with Gasteiger partial charge < -0.3 is 14.8 Å². The van der Waals surface area contributed by atoms with E-state index < -0.39 is 5.60 Å². The number of nitrogens with one attached hydrogen (secondary N) is 1. The van der Waals surface area contributed by atoms with Crippen LogP contribution in [0.1, 0.15) is 65.4 Å². The Kier molecular flexibility index (Phi) is 8.40. The van der Waals surface area contributed by atoms with Crippen LogP contribution in [0.4, 0.5) is 4.79 Å². The van der Waals surface area contributed by atoms with Gasteiger partial charge in [-0.2, -0.15) is 0 Å². The van der Waals surface area contributed by atoms with E-state index in [1.807, 2.05) is 39.0 Å². The topological polar surface area (TPSA) is 47.6 Å². The second-order valence-corrected chi connectivity index (χ2v) is 7.58. The Morgan fingerprint density at radius 3 is 2.50 bits per heavy atom. The Morgan fingerprint density at radius 1 is 1.21 bits per heavy atom. The number of rotatable bonds is 8. The second kappa shape index (κ2) is 9.77. The molecule has 0 heterocycles. The third-order valence-corrected chi connectivity index (χ3v) is 3.68. The first-order valence-corrected chi connectivity index (χ1v) is 8.96. The number of halogens is 1. The molecule has 0 aliphatic rings. The number of carbonyl (C=O) groups excluding carboxylic acids is 1. The molecule has 0 aliphatic carbocycles. The van der Waals surface area contributed by atoms with Gasteiger partial charge in [0.15, 0.2) is 0 Å².